The number of rotatable bonds is 6. The van der Waals surface area contributed by atoms with Gasteiger partial charge < -0.3 is 4.74 Å². The molecule has 1 fully saturated rings. The zero-order valence-corrected chi connectivity index (χ0v) is 16.7. The molecule has 2 aromatic rings. The molecular formula is C18H24ClN3O3S. The summed E-state index contributed by atoms with van der Waals surface area (Å²) in [6, 6.07) is 7.19. The van der Waals surface area contributed by atoms with Crippen LogP contribution in [0.15, 0.2) is 29.2 Å². The van der Waals surface area contributed by atoms with Crippen LogP contribution in [-0.2, 0) is 16.6 Å². The van der Waals surface area contributed by atoms with Gasteiger partial charge in [0.2, 0.25) is 10.0 Å². The predicted octanol–water partition coefficient (Wildman–Crippen LogP) is 3.41. The van der Waals surface area contributed by atoms with Crippen LogP contribution in [0.4, 0.5) is 0 Å². The Morgan fingerprint density at radius 1 is 1.19 bits per heavy atom. The maximum Gasteiger partial charge on any atom is 0.246 e. The molecule has 2 heterocycles. The molecule has 142 valence electrons. The summed E-state index contributed by atoms with van der Waals surface area (Å²) in [5, 5.41) is 5.04. The number of sulfonamides is 1. The summed E-state index contributed by atoms with van der Waals surface area (Å²) in [6.07, 6.45) is 2.92. The molecule has 0 unspecified atom stereocenters. The Morgan fingerprint density at radius 3 is 2.62 bits per heavy atom. The Balaban J connectivity index is 1.73. The number of halogens is 1. The predicted molar refractivity (Wildman–Crippen MR) is 101 cm³/mol. The molecule has 0 N–H and O–H groups in total. The zero-order chi connectivity index (χ0) is 18.7. The van der Waals surface area contributed by atoms with Crippen molar-refractivity contribution in [1.82, 2.24) is 14.1 Å². The van der Waals surface area contributed by atoms with E-state index in [-0.39, 0.29) is 0 Å². The van der Waals surface area contributed by atoms with Gasteiger partial charge in [0.05, 0.1) is 17.9 Å². The van der Waals surface area contributed by atoms with E-state index in [1.807, 2.05) is 12.1 Å². The summed E-state index contributed by atoms with van der Waals surface area (Å²) >= 11 is 5.95. The minimum Gasteiger partial charge on any atom is -0.492 e. The van der Waals surface area contributed by atoms with Crippen LogP contribution in [0.3, 0.4) is 0 Å². The number of nitrogens with zero attached hydrogens (tertiary/aromatic N) is 3. The van der Waals surface area contributed by atoms with Crippen molar-refractivity contribution in [3.05, 3.63) is 40.7 Å². The largest absolute Gasteiger partial charge is 0.492 e. The van der Waals surface area contributed by atoms with Gasteiger partial charge in [0.15, 0.2) is 0 Å². The third-order valence-corrected chi connectivity index (χ3v) is 6.98. The number of hydrogen-bond donors (Lipinski definition) is 0. The first-order chi connectivity index (χ1) is 12.4. The lowest BCUT2D eigenvalue weighted by atomic mass is 10.2. The van der Waals surface area contributed by atoms with Gasteiger partial charge in [0, 0.05) is 18.1 Å². The van der Waals surface area contributed by atoms with Gasteiger partial charge in [0.25, 0.3) is 0 Å². The molecule has 1 aromatic heterocycles. The molecule has 26 heavy (non-hydrogen) atoms. The van der Waals surface area contributed by atoms with E-state index in [1.54, 1.807) is 35.0 Å². The van der Waals surface area contributed by atoms with Crippen LogP contribution in [0.1, 0.15) is 30.7 Å². The molecule has 0 bridgehead atoms. The summed E-state index contributed by atoms with van der Waals surface area (Å²) in [7, 11) is -3.49. The maximum atomic E-state index is 13.0. The van der Waals surface area contributed by atoms with Crippen LogP contribution < -0.4 is 4.74 Å². The number of aryl methyl sites for hydroxylation is 1. The van der Waals surface area contributed by atoms with Crippen molar-refractivity contribution in [3.8, 4) is 5.75 Å². The Morgan fingerprint density at radius 2 is 1.92 bits per heavy atom. The number of aromatic nitrogens is 2. The van der Waals surface area contributed by atoms with Gasteiger partial charge in [-0.2, -0.15) is 9.40 Å². The Kier molecular flexibility index (Phi) is 5.89. The van der Waals surface area contributed by atoms with Crippen LogP contribution in [0.5, 0.6) is 5.75 Å². The summed E-state index contributed by atoms with van der Waals surface area (Å²) in [5.41, 5.74) is 1.19. The molecule has 0 saturated carbocycles. The van der Waals surface area contributed by atoms with Crippen LogP contribution in [0.2, 0.25) is 5.02 Å². The van der Waals surface area contributed by atoms with E-state index in [1.165, 1.54) is 0 Å². The average Bonchev–Trinajstić information content (AvgIpc) is 2.90. The van der Waals surface area contributed by atoms with Crippen LogP contribution in [0.25, 0.3) is 0 Å². The Bertz CT molecular complexity index is 874. The molecule has 0 radical (unpaired) electrons. The number of benzene rings is 1. The van der Waals surface area contributed by atoms with Crippen molar-refractivity contribution in [3.63, 3.8) is 0 Å². The molecular weight excluding hydrogens is 374 g/mol. The standard InChI is InChI=1S/C18H24ClN3O3S/c1-14-18(26(23,24)21-9-4-3-5-10-21)15(2)22(20-14)11-12-25-17-8-6-7-16(19)13-17/h6-8,13H,3-5,9-12H2,1-2H3. The Labute approximate surface area is 159 Å². The Hall–Kier alpha value is -1.57. The van der Waals surface area contributed by atoms with E-state index >= 15 is 0 Å². The van der Waals surface area contributed by atoms with Gasteiger partial charge in [-0.1, -0.05) is 24.1 Å². The first-order valence-corrected chi connectivity index (χ1v) is 10.6. The molecule has 0 spiro atoms. The van der Waals surface area contributed by atoms with Crippen LogP contribution >= 0.6 is 11.6 Å². The summed E-state index contributed by atoms with van der Waals surface area (Å²) in [4.78, 5) is 0.335. The van der Waals surface area contributed by atoms with Crippen LogP contribution in [-0.4, -0.2) is 42.2 Å². The highest BCUT2D eigenvalue weighted by Crippen LogP contribution is 2.26. The fourth-order valence-corrected chi connectivity index (χ4v) is 5.38. The first kappa shape index (κ1) is 19.2. The zero-order valence-electron chi connectivity index (χ0n) is 15.1. The van der Waals surface area contributed by atoms with E-state index in [9.17, 15) is 8.42 Å². The molecule has 0 amide bonds. The summed E-state index contributed by atoms with van der Waals surface area (Å²) in [5.74, 6) is 0.681. The van der Waals surface area contributed by atoms with Crippen molar-refractivity contribution >= 4 is 21.6 Å². The van der Waals surface area contributed by atoms with Crippen molar-refractivity contribution in [1.29, 1.82) is 0 Å². The second kappa shape index (κ2) is 7.98. The van der Waals surface area contributed by atoms with Gasteiger partial charge in [0.1, 0.15) is 17.3 Å². The number of piperidine rings is 1. The minimum absolute atomic E-state index is 0.335. The number of ether oxygens (including phenoxy) is 1. The van der Waals surface area contributed by atoms with Gasteiger partial charge in [-0.3, -0.25) is 4.68 Å². The maximum absolute atomic E-state index is 13.0. The molecule has 6 nitrogen and oxygen atoms in total. The quantitative estimate of drug-likeness (QED) is 0.749. The number of hydrogen-bond acceptors (Lipinski definition) is 4. The molecule has 0 atom stereocenters. The highest BCUT2D eigenvalue weighted by atomic mass is 35.5. The molecule has 3 rings (SSSR count). The van der Waals surface area contributed by atoms with Gasteiger partial charge >= 0.3 is 0 Å². The van der Waals surface area contributed by atoms with E-state index in [2.05, 4.69) is 5.10 Å². The van der Waals surface area contributed by atoms with Crippen LogP contribution in [0, 0.1) is 13.8 Å². The molecule has 8 heteroatoms. The monoisotopic (exact) mass is 397 g/mol. The van der Waals surface area contributed by atoms with Crippen molar-refractivity contribution in [2.75, 3.05) is 19.7 Å². The minimum atomic E-state index is -3.49. The van der Waals surface area contributed by atoms with Crippen molar-refractivity contribution in [2.24, 2.45) is 0 Å². The van der Waals surface area contributed by atoms with Gasteiger partial charge in [-0.25, -0.2) is 8.42 Å². The van der Waals surface area contributed by atoms with Crippen molar-refractivity contribution in [2.45, 2.75) is 44.6 Å². The lowest BCUT2D eigenvalue weighted by molar-refractivity contribution is 0.289. The summed E-state index contributed by atoms with van der Waals surface area (Å²) in [6.45, 7) is 5.57. The fourth-order valence-electron chi connectivity index (χ4n) is 3.31. The second-order valence-electron chi connectivity index (χ2n) is 6.49. The second-order valence-corrected chi connectivity index (χ2v) is 8.80. The average molecular weight is 398 g/mol. The van der Waals surface area contributed by atoms with Gasteiger partial charge in [-0.05, 0) is 44.9 Å². The van der Waals surface area contributed by atoms with Gasteiger partial charge in [-0.15, -0.1) is 0 Å². The molecule has 1 saturated heterocycles. The molecule has 1 aromatic carbocycles. The topological polar surface area (TPSA) is 64.4 Å². The third kappa shape index (κ3) is 4.05. The molecule has 1 aliphatic heterocycles. The van der Waals surface area contributed by atoms with E-state index in [0.717, 1.165) is 19.3 Å². The normalized spacial score (nSPS) is 16.0. The fraction of sp³-hybridized carbons (Fsp3) is 0.500. The first-order valence-electron chi connectivity index (χ1n) is 8.82. The molecule has 1 aliphatic rings. The van der Waals surface area contributed by atoms with E-state index in [4.69, 9.17) is 16.3 Å². The lowest BCUT2D eigenvalue weighted by Gasteiger charge is -2.26. The van der Waals surface area contributed by atoms with E-state index in [0.29, 0.717) is 53.3 Å². The van der Waals surface area contributed by atoms with E-state index < -0.39 is 10.0 Å². The third-order valence-electron chi connectivity index (χ3n) is 4.60. The smallest absolute Gasteiger partial charge is 0.246 e. The highest BCUT2D eigenvalue weighted by Gasteiger charge is 2.31. The summed E-state index contributed by atoms with van der Waals surface area (Å²) < 4.78 is 35.0. The molecule has 0 aliphatic carbocycles. The van der Waals surface area contributed by atoms with Crippen molar-refractivity contribution < 1.29 is 13.2 Å². The highest BCUT2D eigenvalue weighted by molar-refractivity contribution is 7.89. The lowest BCUT2D eigenvalue weighted by Crippen LogP contribution is -2.36. The SMILES string of the molecule is Cc1nn(CCOc2cccc(Cl)c2)c(C)c1S(=O)(=O)N1CCCCC1.